The van der Waals surface area contributed by atoms with E-state index >= 15 is 0 Å². The Morgan fingerprint density at radius 1 is 0.587 bits per heavy atom. The number of ketones is 2. The summed E-state index contributed by atoms with van der Waals surface area (Å²) in [6, 6.07) is 19.5. The second kappa shape index (κ2) is 26.6. The molecular weight excluding hydrogens is 785 g/mol. The maximum Gasteiger partial charge on any atom is 0.184 e. The molecule has 2 atom stereocenters. The highest BCUT2D eigenvalue weighted by Gasteiger charge is 2.36. The van der Waals surface area contributed by atoms with E-state index in [0.717, 1.165) is 47.3 Å². The highest BCUT2D eigenvalue weighted by Crippen LogP contribution is 2.35. The Kier molecular flexibility index (Phi) is 20.8. The maximum atomic E-state index is 13.5. The first-order valence-electron chi connectivity index (χ1n) is 23.8. The number of allylic oxidation sites excluding steroid dienone is 2. The predicted octanol–water partition coefficient (Wildman–Crippen LogP) is 11.9. The van der Waals surface area contributed by atoms with Gasteiger partial charge in [0.1, 0.15) is 23.7 Å². The molecule has 2 aliphatic carbocycles. The summed E-state index contributed by atoms with van der Waals surface area (Å²) in [5, 5.41) is 22.8. The number of anilines is 2. The number of carbonyl (C=O) groups excluding carboxylic acids is 2. The summed E-state index contributed by atoms with van der Waals surface area (Å²) in [7, 11) is 0. The van der Waals surface area contributed by atoms with Crippen LogP contribution < -0.4 is 20.9 Å². The second-order valence-electron chi connectivity index (χ2n) is 18.2. The van der Waals surface area contributed by atoms with Crippen LogP contribution in [0.25, 0.3) is 12.2 Å². The Morgan fingerprint density at radius 2 is 1.00 bits per heavy atom. The molecule has 6 N–H and O–H groups in total. The molecule has 2 fully saturated rings. The lowest BCUT2D eigenvalue weighted by Gasteiger charge is -2.28. The molecule has 0 heterocycles. The number of hydrogen-bond acceptors (Lipinski definition) is 8. The molecule has 2 aliphatic rings. The maximum absolute atomic E-state index is 13.5. The summed E-state index contributed by atoms with van der Waals surface area (Å²) in [4.78, 5) is 26.9. The average Bonchev–Trinajstić information content (AvgIpc) is 3.30. The Morgan fingerprint density at radius 3 is 1.40 bits per heavy atom. The summed E-state index contributed by atoms with van der Waals surface area (Å²) < 4.78 is 12.3. The van der Waals surface area contributed by atoms with Crippen LogP contribution in [0.2, 0.25) is 0 Å². The zero-order chi connectivity index (χ0) is 44.8. The third-order valence-corrected chi connectivity index (χ3v) is 13.3. The number of nitrogens with two attached hydrogens (primary N) is 2. The fourth-order valence-electron chi connectivity index (χ4n) is 9.27. The van der Waals surface area contributed by atoms with Crippen molar-refractivity contribution in [3.05, 3.63) is 121 Å². The topological polar surface area (TPSA) is 145 Å². The summed E-state index contributed by atoms with van der Waals surface area (Å²) in [6.07, 6.45) is 28.7. The van der Waals surface area contributed by atoms with E-state index in [-0.39, 0.29) is 11.3 Å². The van der Waals surface area contributed by atoms with E-state index in [4.69, 9.17) is 20.9 Å². The zero-order valence-corrected chi connectivity index (χ0v) is 37.6. The average molecular weight is 859 g/mol. The van der Waals surface area contributed by atoms with Gasteiger partial charge >= 0.3 is 0 Å². The van der Waals surface area contributed by atoms with Crippen LogP contribution in [0.1, 0.15) is 138 Å². The Balaban J connectivity index is 1.10. The minimum absolute atomic E-state index is 0.156. The van der Waals surface area contributed by atoms with Crippen molar-refractivity contribution in [1.29, 1.82) is 0 Å². The van der Waals surface area contributed by atoms with Crippen molar-refractivity contribution in [2.45, 2.75) is 134 Å². The number of carbonyl (C=O) groups is 2. The van der Waals surface area contributed by atoms with Gasteiger partial charge < -0.3 is 31.2 Å². The zero-order valence-electron chi connectivity index (χ0n) is 37.6. The van der Waals surface area contributed by atoms with Crippen molar-refractivity contribution in [1.82, 2.24) is 0 Å². The molecule has 0 aromatic heterocycles. The van der Waals surface area contributed by atoms with E-state index in [1.807, 2.05) is 60.7 Å². The van der Waals surface area contributed by atoms with Gasteiger partial charge in [0.2, 0.25) is 0 Å². The molecule has 8 nitrogen and oxygen atoms in total. The van der Waals surface area contributed by atoms with Crippen LogP contribution in [0.3, 0.4) is 0 Å². The van der Waals surface area contributed by atoms with Gasteiger partial charge in [-0.15, -0.1) is 13.2 Å². The fourth-order valence-corrected chi connectivity index (χ4v) is 9.27. The van der Waals surface area contributed by atoms with Crippen molar-refractivity contribution >= 4 is 35.1 Å². The summed E-state index contributed by atoms with van der Waals surface area (Å²) >= 11 is 0. The van der Waals surface area contributed by atoms with Crippen molar-refractivity contribution < 1.29 is 29.3 Å². The molecule has 340 valence electrons. The monoisotopic (exact) mass is 859 g/mol. The van der Waals surface area contributed by atoms with Gasteiger partial charge in [0.15, 0.2) is 11.6 Å². The van der Waals surface area contributed by atoms with Gasteiger partial charge in [0.25, 0.3) is 0 Å². The molecule has 63 heavy (non-hydrogen) atoms. The molecular formula is C55H74N2O6. The van der Waals surface area contributed by atoms with Crippen LogP contribution in [-0.2, 0) is 9.59 Å². The highest BCUT2D eigenvalue weighted by molar-refractivity contribution is 6.01. The lowest BCUT2D eigenvalue weighted by atomic mass is 9.80. The standard InChI is InChI=1S/C55H74N2O6/c1-3-5-7-9-11-13-40-15-19-44(20-16-40)38-62-47-30-23-42(24-31-47)27-35-51(58)54(60)53(49-34-29-46(56)37-50(49)57)55(61)52(59)36-28-43-25-32-48(33-26-43)63-39-45-21-17-41(18-22-45)14-12-10-8-6-4-2/h3-4,23-37,40-41,44-45,53-55,60-61H,1-2,5-22,38-39,56-57H2/b35-27+,36-28+. The number of benzene rings is 3. The number of aliphatic hydroxyl groups is 2. The van der Waals surface area contributed by atoms with Crippen molar-refractivity contribution in [3.63, 3.8) is 0 Å². The van der Waals surface area contributed by atoms with Gasteiger partial charge in [-0.25, -0.2) is 0 Å². The lowest BCUT2D eigenvalue weighted by Crippen LogP contribution is -2.39. The smallest absolute Gasteiger partial charge is 0.184 e. The quantitative estimate of drug-likeness (QED) is 0.0257. The van der Waals surface area contributed by atoms with Crippen LogP contribution in [0.4, 0.5) is 11.4 Å². The number of nitrogen functional groups attached to an aromatic ring is 2. The normalized spacial score (nSPS) is 20.5. The van der Waals surface area contributed by atoms with E-state index < -0.39 is 29.7 Å². The van der Waals surface area contributed by atoms with Gasteiger partial charge in [-0.2, -0.15) is 0 Å². The Labute approximate surface area is 377 Å². The first-order chi connectivity index (χ1) is 30.6. The summed E-state index contributed by atoms with van der Waals surface area (Å²) in [5.41, 5.74) is 14.5. The second-order valence-corrected chi connectivity index (χ2v) is 18.2. The molecule has 2 saturated carbocycles. The number of rotatable bonds is 27. The fraction of sp³-hybridized carbons (Fsp3) is 0.491. The van der Waals surface area contributed by atoms with Gasteiger partial charge in [-0.1, -0.05) is 119 Å². The minimum Gasteiger partial charge on any atom is -0.493 e. The third-order valence-electron chi connectivity index (χ3n) is 13.3. The van der Waals surface area contributed by atoms with Crippen LogP contribution in [0, 0.1) is 23.7 Å². The van der Waals surface area contributed by atoms with E-state index in [2.05, 4.69) is 13.2 Å². The number of hydrogen-bond donors (Lipinski definition) is 4. The molecule has 3 aromatic rings. The van der Waals surface area contributed by atoms with Crippen molar-refractivity contribution in [2.75, 3.05) is 24.7 Å². The number of aliphatic hydroxyl groups excluding tert-OH is 2. The molecule has 3 aromatic carbocycles. The van der Waals surface area contributed by atoms with Crippen molar-refractivity contribution in [3.8, 4) is 11.5 Å². The van der Waals surface area contributed by atoms with Gasteiger partial charge in [0, 0.05) is 11.4 Å². The Bertz CT molecular complexity index is 1790. The molecule has 8 heteroatoms. The molecule has 0 amide bonds. The minimum atomic E-state index is -1.77. The summed E-state index contributed by atoms with van der Waals surface area (Å²) in [6.45, 7) is 9.01. The first kappa shape index (κ1) is 49.1. The number of unbranched alkanes of at least 4 members (excludes halogenated alkanes) is 6. The van der Waals surface area contributed by atoms with Crippen molar-refractivity contribution in [2.24, 2.45) is 23.7 Å². The van der Waals surface area contributed by atoms with Gasteiger partial charge in [0.05, 0.1) is 19.1 Å². The number of ether oxygens (including phenoxy) is 2. The SMILES string of the molecule is C=CCCCCCC1CCC(COc2ccc(/C=C/C(=O)C(O)C(c3ccc(N)cc3N)C(O)C(=O)/C=C/c3ccc(OCC4CCC(CCCCCC=C)CC4)cc3)cc2)CC1. The molecule has 2 unspecified atom stereocenters. The molecule has 0 radical (unpaired) electrons. The molecule has 0 spiro atoms. The van der Waals surface area contributed by atoms with Crippen LogP contribution in [0.5, 0.6) is 11.5 Å². The van der Waals surface area contributed by atoms with Gasteiger partial charge in [-0.3, -0.25) is 9.59 Å². The van der Waals surface area contributed by atoms with E-state index in [0.29, 0.717) is 30.7 Å². The molecule has 0 bridgehead atoms. The lowest BCUT2D eigenvalue weighted by molar-refractivity contribution is -0.130. The molecule has 0 aliphatic heterocycles. The van der Waals surface area contributed by atoms with Crippen LogP contribution >= 0.6 is 0 Å². The van der Waals surface area contributed by atoms with E-state index in [9.17, 15) is 19.8 Å². The largest absolute Gasteiger partial charge is 0.493 e. The Hall–Kier alpha value is -4.92. The highest BCUT2D eigenvalue weighted by atomic mass is 16.5. The third kappa shape index (κ3) is 16.6. The van der Waals surface area contributed by atoms with E-state index in [1.54, 1.807) is 18.2 Å². The van der Waals surface area contributed by atoms with Crippen LogP contribution in [0.15, 0.2) is 104 Å². The van der Waals surface area contributed by atoms with Crippen LogP contribution in [-0.4, -0.2) is 47.2 Å². The molecule has 0 saturated heterocycles. The first-order valence-corrected chi connectivity index (χ1v) is 23.8. The molecule has 5 rings (SSSR count). The predicted molar refractivity (Wildman–Crippen MR) is 259 cm³/mol. The summed E-state index contributed by atoms with van der Waals surface area (Å²) in [5.74, 6) is 1.62. The van der Waals surface area contributed by atoms with Gasteiger partial charge in [-0.05, 0) is 140 Å². The van der Waals surface area contributed by atoms with E-state index in [1.165, 1.54) is 127 Å².